The van der Waals surface area contributed by atoms with Crippen molar-refractivity contribution in [1.29, 1.82) is 0 Å². The molecule has 2 fully saturated rings. The summed E-state index contributed by atoms with van der Waals surface area (Å²) in [5, 5.41) is 73.3. The van der Waals surface area contributed by atoms with Gasteiger partial charge in [0.15, 0.2) is 29.2 Å². The van der Waals surface area contributed by atoms with Crippen LogP contribution in [0, 0.1) is 65.1 Å². The highest BCUT2D eigenvalue weighted by atomic mass is 16.5. The highest BCUT2D eigenvalue weighted by Crippen LogP contribution is 2.55. The number of dihydropyridines is 1. The fourth-order valence-electron chi connectivity index (χ4n) is 15.7. The third kappa shape index (κ3) is 13.2. The predicted octanol–water partition coefficient (Wildman–Crippen LogP) is 11.8. The van der Waals surface area contributed by atoms with Crippen LogP contribution >= 0.6 is 0 Å². The molecular weight excluding hydrogens is 1060 g/mol. The maximum Gasteiger partial charge on any atom is 0.173 e. The second-order valence-electron chi connectivity index (χ2n) is 25.9. The first-order valence-electron chi connectivity index (χ1n) is 31.9. The number of carbonyl (C=O) groups excluding carboxylic acids is 2. The summed E-state index contributed by atoms with van der Waals surface area (Å²) in [7, 11) is 1.49. The number of Topliss-reactive ketones (excluding diaryl/α,β-unsaturated/α-hetero) is 2. The Balaban J connectivity index is 1.07. The number of phenols is 2. The molecule has 3 heterocycles. The number of allylic oxidation sites excluding steroid dienone is 2. The lowest BCUT2D eigenvalue weighted by atomic mass is 9.54. The average molecular weight is 1150 g/mol. The summed E-state index contributed by atoms with van der Waals surface area (Å²) in [6, 6.07) is 25.5. The van der Waals surface area contributed by atoms with Gasteiger partial charge in [-0.15, -0.1) is 5.92 Å². The van der Waals surface area contributed by atoms with Crippen LogP contribution in [0.25, 0.3) is 10.8 Å². The minimum Gasteiger partial charge on any atom is -0.507 e. The highest BCUT2D eigenvalue weighted by Gasteiger charge is 2.55. The first-order chi connectivity index (χ1) is 41.3. The molecule has 0 saturated heterocycles. The molecule has 1 spiro atoms. The van der Waals surface area contributed by atoms with Crippen molar-refractivity contribution in [3.63, 3.8) is 0 Å². The van der Waals surface area contributed by atoms with Crippen LogP contribution in [0.5, 0.6) is 17.2 Å². The number of carbonyl (C=O) groups is 2. The molecule has 6 aliphatic rings. The number of aliphatic hydroxyl groups is 3. The average Bonchev–Trinajstić information content (AvgIpc) is 2.84. The van der Waals surface area contributed by atoms with Gasteiger partial charge in [-0.25, -0.2) is 0 Å². The van der Waals surface area contributed by atoms with Crippen molar-refractivity contribution in [2.75, 3.05) is 32.1 Å². The van der Waals surface area contributed by atoms with Crippen LogP contribution in [-0.4, -0.2) is 87.1 Å². The molecule has 1 aromatic heterocycles. The number of nitrogens with one attached hydrogen (secondary N) is 4. The van der Waals surface area contributed by atoms with E-state index >= 15 is 4.79 Å². The fraction of sp³-hybridized carbons (Fsp3) is 0.507. The molecule has 12 nitrogen and oxygen atoms in total. The minimum atomic E-state index is -1.86. The first kappa shape index (κ1) is 59.9. The number of hydrogen-bond acceptors (Lipinski definition) is 11. The van der Waals surface area contributed by atoms with Crippen LogP contribution in [0.3, 0.4) is 0 Å². The Morgan fingerprint density at radius 1 is 0.824 bits per heavy atom. The van der Waals surface area contributed by atoms with E-state index in [9.17, 15) is 30.3 Å². The Labute approximate surface area is 502 Å². The number of H-pyrrole nitrogens is 1. The largest absolute Gasteiger partial charge is 0.507 e. The van der Waals surface area contributed by atoms with E-state index in [2.05, 4.69) is 82.9 Å². The fourth-order valence-corrected chi connectivity index (χ4v) is 15.7. The zero-order valence-electron chi connectivity index (χ0n) is 50.0. The van der Waals surface area contributed by atoms with Gasteiger partial charge < -0.3 is 51.2 Å². The van der Waals surface area contributed by atoms with E-state index in [1.807, 2.05) is 60.7 Å². The van der Waals surface area contributed by atoms with Crippen molar-refractivity contribution in [1.82, 2.24) is 15.6 Å². The second-order valence-corrected chi connectivity index (χ2v) is 25.9. The number of aromatic amines is 1. The molecular formula is C73H88N4O8. The summed E-state index contributed by atoms with van der Waals surface area (Å²) in [5.41, 5.74) is 6.32. The lowest BCUT2D eigenvalue weighted by Crippen LogP contribution is -2.54. The van der Waals surface area contributed by atoms with E-state index in [0.717, 1.165) is 121 Å². The van der Waals surface area contributed by atoms with E-state index in [4.69, 9.17) is 4.74 Å². The number of unbranched alkanes of at least 4 members (excludes halogenated alkanes) is 2. The summed E-state index contributed by atoms with van der Waals surface area (Å²) in [5.74, 6) is 12.9. The lowest BCUT2D eigenvalue weighted by molar-refractivity contribution is -0.142. The highest BCUT2D eigenvalue weighted by molar-refractivity contribution is 6.06. The van der Waals surface area contributed by atoms with Gasteiger partial charge in [0.1, 0.15) is 11.6 Å². The molecule has 2 aliphatic heterocycles. The molecule has 0 radical (unpaired) electrons. The van der Waals surface area contributed by atoms with Crippen molar-refractivity contribution in [2.45, 2.75) is 165 Å². The number of anilines is 1. The summed E-state index contributed by atoms with van der Waals surface area (Å²) < 4.78 is 5.58. The quantitative estimate of drug-likeness (QED) is 0.0446. The minimum absolute atomic E-state index is 0.0333. The summed E-state index contributed by atoms with van der Waals surface area (Å²) in [4.78, 5) is 33.9. The standard InChI is InChI=1S/C73H88N4O8/c1-4-5-9-14-46-19-25-56-17-12-6-7-13-18-60-54-33-48(32-51-23-27-59(49-15-10-8-11-16-49)61-40-65(80)66(85-3)37-52(61)24-28-64(79)71(83)70(82)62(51)36-54)31-47-29-30-75-68(34-47)77-57-26-22-50-20-21-53(69(81)63(50)39-57)35-58(78)44-74-42-45(2)55-38-67(76-43-55)73(56,41-46)72(60)84/h8,10-11,15-16,20-22,26,29,34,37-40,43,45-46,48,51,54,56,58-60,62,71-72,74-78,80-81,83-84H,4-7,9,13-14,18-19,24-25,28,30-33,35-36,41-42,44H2,1-3H3/t45-,46+,48-,51-,54+,56+,58+,59+,60-,62-,71+,72-,73-/m0/s1. The number of benzene rings is 4. The Morgan fingerprint density at radius 3 is 2.51 bits per heavy atom. The number of ether oxygens (including phenoxy) is 1. The van der Waals surface area contributed by atoms with Crippen LogP contribution in [0.2, 0.25) is 0 Å². The zero-order chi connectivity index (χ0) is 59.2. The summed E-state index contributed by atoms with van der Waals surface area (Å²) in [6.07, 6.45) is 16.0. The van der Waals surface area contributed by atoms with E-state index in [0.29, 0.717) is 62.2 Å². The van der Waals surface area contributed by atoms with Gasteiger partial charge in [-0.2, -0.15) is 0 Å². The molecule has 11 bridgehead atoms. The van der Waals surface area contributed by atoms with Gasteiger partial charge in [-0.3, -0.25) is 9.59 Å². The lowest BCUT2D eigenvalue weighted by Gasteiger charge is -2.51. The zero-order valence-corrected chi connectivity index (χ0v) is 50.0. The predicted molar refractivity (Wildman–Crippen MR) is 335 cm³/mol. The van der Waals surface area contributed by atoms with Gasteiger partial charge in [0.2, 0.25) is 0 Å². The monoisotopic (exact) mass is 1150 g/mol. The van der Waals surface area contributed by atoms with Crippen molar-refractivity contribution in [2.24, 2.45) is 41.4 Å². The van der Waals surface area contributed by atoms with Crippen LogP contribution in [0.15, 0.2) is 109 Å². The second kappa shape index (κ2) is 26.9. The number of rotatable bonds is 6. The normalized spacial score (nSPS) is 30.3. The van der Waals surface area contributed by atoms with Gasteiger partial charge in [0.25, 0.3) is 0 Å². The Bertz CT molecular complexity index is 3400. The third-order valence-corrected chi connectivity index (χ3v) is 20.3. The Kier molecular flexibility index (Phi) is 18.9. The van der Waals surface area contributed by atoms with Crippen LogP contribution < -0.4 is 20.7 Å². The van der Waals surface area contributed by atoms with Gasteiger partial charge in [-0.05, 0) is 169 Å². The molecule has 4 aliphatic carbocycles. The number of phenolic OH excluding ortho intramolecular Hbond substituents is 2. The van der Waals surface area contributed by atoms with Gasteiger partial charge in [0.05, 0.1) is 30.7 Å². The number of aryl methyl sites for hydroxylation is 1. The molecule has 0 amide bonds. The number of hydrogen-bond donors (Lipinski definition) is 9. The SMILES string of the molecule is CCCCC[C@@H]1CC[C@H]2C#CCCCC[C@H]3[C@@H]4C[C@@H](CC5=CCNC(=C5)Nc5ccc6ccc(c(O)c6c5)C[C@@H](O)CNC[C@H](C)c5c[nH]c(c5)[C@@]2(C1)[C@H]3O)C[C@@H]1C#C[C@H](c2ccccc2)c2cc(O)c(OC)cc2CCC(=O)[C@@H](O)C(=O)[C@H]1C4. The van der Waals surface area contributed by atoms with Crippen molar-refractivity contribution in [3.8, 4) is 40.9 Å². The van der Waals surface area contributed by atoms with E-state index in [1.165, 1.54) is 7.11 Å². The summed E-state index contributed by atoms with van der Waals surface area (Å²) in [6.45, 7) is 5.94. The number of fused-ring (bicyclic) bond motifs is 11. The number of β-amino-alcohol motifs (C(OH)–C–C–N with tert-alkyl or cyclic N) is 1. The first-order valence-corrected chi connectivity index (χ1v) is 31.9. The van der Waals surface area contributed by atoms with E-state index < -0.39 is 53.0 Å². The molecule has 9 N–H and O–H groups in total. The van der Waals surface area contributed by atoms with Crippen molar-refractivity contribution >= 4 is 28.0 Å². The molecule has 5 aromatic rings. The maximum atomic E-state index is 15.6. The van der Waals surface area contributed by atoms with Gasteiger partial charge in [-0.1, -0.05) is 118 Å². The maximum absolute atomic E-state index is 15.6. The van der Waals surface area contributed by atoms with Crippen LogP contribution in [0.1, 0.15) is 162 Å². The number of aliphatic hydroxyl groups excluding tert-OH is 3. The molecule has 11 rings (SSSR count). The molecule has 85 heavy (non-hydrogen) atoms. The Hall–Kier alpha value is -6.80. The molecule has 12 heteroatoms. The molecule has 4 aromatic carbocycles. The van der Waals surface area contributed by atoms with Crippen LogP contribution in [0.4, 0.5) is 5.69 Å². The number of aromatic nitrogens is 1. The molecule has 13 atom stereocenters. The number of ketones is 2. The van der Waals surface area contributed by atoms with Gasteiger partial charge >= 0.3 is 0 Å². The smallest absolute Gasteiger partial charge is 0.173 e. The van der Waals surface area contributed by atoms with Gasteiger partial charge in [0, 0.05) is 79.6 Å². The van der Waals surface area contributed by atoms with Crippen LogP contribution in [-0.2, 0) is 27.8 Å². The molecule has 2 saturated carbocycles. The van der Waals surface area contributed by atoms with E-state index in [1.54, 1.807) is 12.1 Å². The molecule has 0 unspecified atom stereocenters. The van der Waals surface area contributed by atoms with Crippen molar-refractivity contribution < 1.29 is 39.9 Å². The Morgan fingerprint density at radius 2 is 1.67 bits per heavy atom. The molecule has 448 valence electrons. The van der Waals surface area contributed by atoms with E-state index in [-0.39, 0.29) is 66.1 Å². The van der Waals surface area contributed by atoms with Crippen molar-refractivity contribution in [3.05, 3.63) is 142 Å². The third-order valence-electron chi connectivity index (χ3n) is 20.3. The topological polar surface area (TPSA) is 196 Å². The number of methoxy groups -OCH3 is 1. The number of aromatic hydroxyl groups is 2. The summed E-state index contributed by atoms with van der Waals surface area (Å²) >= 11 is 0.